The second kappa shape index (κ2) is 7.54. The number of alkyl halides is 3. The molecule has 0 aromatic heterocycles. The Bertz CT molecular complexity index is 621. The van der Waals surface area contributed by atoms with Crippen molar-refractivity contribution in [2.24, 2.45) is 23.5 Å². The first-order valence-electron chi connectivity index (χ1n) is 8.50. The quantitative estimate of drug-likeness (QED) is 0.796. The van der Waals surface area contributed by atoms with Crippen molar-refractivity contribution in [1.82, 2.24) is 0 Å². The number of nitrogens with two attached hydrogens (primary N) is 1. The summed E-state index contributed by atoms with van der Waals surface area (Å²) >= 11 is 0. The fraction of sp³-hybridized carbons (Fsp3) is 0.611. The van der Waals surface area contributed by atoms with Crippen molar-refractivity contribution < 1.29 is 18.0 Å². The molecule has 2 unspecified atom stereocenters. The predicted molar refractivity (Wildman–Crippen MR) is 93.6 cm³/mol. The molecule has 3 nitrogen and oxygen atoms in total. The third kappa shape index (κ3) is 4.29. The highest BCUT2D eigenvalue weighted by Crippen LogP contribution is 2.42. The summed E-state index contributed by atoms with van der Waals surface area (Å²) in [6, 6.07) is 3.61. The summed E-state index contributed by atoms with van der Waals surface area (Å²) < 4.78 is 38.6. The molecule has 3 rings (SSSR count). The summed E-state index contributed by atoms with van der Waals surface area (Å²) in [4.78, 5) is 12.6. The molecule has 0 aliphatic heterocycles. The van der Waals surface area contributed by atoms with Crippen LogP contribution in [0, 0.1) is 24.7 Å². The second-order valence-corrected chi connectivity index (χ2v) is 7.21. The van der Waals surface area contributed by atoms with Crippen LogP contribution in [-0.2, 0) is 11.0 Å². The SMILES string of the molecule is Cc1ccc(C(F)(F)F)cc1NC(=O)C1CC2CCCC(C1)C2N.Cl. The minimum Gasteiger partial charge on any atom is -0.327 e. The zero-order valence-electron chi connectivity index (χ0n) is 14.1. The van der Waals surface area contributed by atoms with Gasteiger partial charge in [0.1, 0.15) is 0 Å². The normalized spacial score (nSPS) is 28.8. The predicted octanol–water partition coefficient (Wildman–Crippen LogP) is 4.53. The van der Waals surface area contributed by atoms with Crippen molar-refractivity contribution in [1.29, 1.82) is 0 Å². The second-order valence-electron chi connectivity index (χ2n) is 7.21. The molecule has 0 heterocycles. The van der Waals surface area contributed by atoms with Gasteiger partial charge in [0.25, 0.3) is 0 Å². The first kappa shape index (κ1) is 20.0. The van der Waals surface area contributed by atoms with Gasteiger partial charge in [0.05, 0.1) is 5.56 Å². The summed E-state index contributed by atoms with van der Waals surface area (Å²) in [6.45, 7) is 1.70. The summed E-state index contributed by atoms with van der Waals surface area (Å²) in [6.07, 6.45) is 0.309. The molecule has 2 bridgehead atoms. The largest absolute Gasteiger partial charge is 0.416 e. The topological polar surface area (TPSA) is 55.1 Å². The molecule has 2 aliphatic carbocycles. The van der Waals surface area contributed by atoms with Gasteiger partial charge >= 0.3 is 6.18 Å². The van der Waals surface area contributed by atoms with E-state index in [4.69, 9.17) is 5.73 Å². The summed E-state index contributed by atoms with van der Waals surface area (Å²) in [7, 11) is 0. The Morgan fingerprint density at radius 1 is 1.20 bits per heavy atom. The van der Waals surface area contributed by atoms with Gasteiger partial charge in [-0.05, 0) is 62.1 Å². The minimum atomic E-state index is -4.41. The molecule has 2 fully saturated rings. The van der Waals surface area contributed by atoms with Gasteiger partial charge in [-0.2, -0.15) is 13.2 Å². The van der Waals surface area contributed by atoms with Crippen molar-refractivity contribution in [2.75, 3.05) is 5.32 Å². The molecular formula is C18H24ClF3N2O. The van der Waals surface area contributed by atoms with Gasteiger partial charge in [0, 0.05) is 17.6 Å². The maximum atomic E-state index is 12.9. The van der Waals surface area contributed by atoms with E-state index >= 15 is 0 Å². The maximum Gasteiger partial charge on any atom is 0.416 e. The molecule has 7 heteroatoms. The number of aryl methyl sites for hydroxylation is 1. The van der Waals surface area contributed by atoms with Crippen LogP contribution in [0.2, 0.25) is 0 Å². The fourth-order valence-corrected chi connectivity index (χ4v) is 4.17. The Hall–Kier alpha value is -1.27. The van der Waals surface area contributed by atoms with Gasteiger partial charge in [-0.15, -0.1) is 12.4 Å². The van der Waals surface area contributed by atoms with Crippen LogP contribution < -0.4 is 11.1 Å². The Labute approximate surface area is 152 Å². The number of rotatable bonds is 2. The number of halogens is 4. The number of carbonyl (C=O) groups is 1. The van der Waals surface area contributed by atoms with E-state index in [0.29, 0.717) is 17.4 Å². The molecule has 3 N–H and O–H groups in total. The van der Waals surface area contributed by atoms with E-state index in [-0.39, 0.29) is 36.0 Å². The van der Waals surface area contributed by atoms with Crippen LogP contribution in [0.5, 0.6) is 0 Å². The lowest BCUT2D eigenvalue weighted by atomic mass is 9.65. The fourth-order valence-electron chi connectivity index (χ4n) is 4.17. The molecule has 1 aromatic rings. The average molecular weight is 377 g/mol. The monoisotopic (exact) mass is 376 g/mol. The molecular weight excluding hydrogens is 353 g/mol. The molecule has 1 aromatic carbocycles. The van der Waals surface area contributed by atoms with Crippen molar-refractivity contribution in [3.8, 4) is 0 Å². The Kier molecular flexibility index (Phi) is 6.05. The summed E-state index contributed by atoms with van der Waals surface area (Å²) in [5, 5.41) is 2.72. The summed E-state index contributed by atoms with van der Waals surface area (Å²) in [5.74, 6) is 0.377. The van der Waals surface area contributed by atoms with Gasteiger partial charge in [0.15, 0.2) is 0 Å². The smallest absolute Gasteiger partial charge is 0.327 e. The number of benzene rings is 1. The lowest BCUT2D eigenvalue weighted by Gasteiger charge is -2.43. The first-order valence-corrected chi connectivity index (χ1v) is 8.50. The highest BCUT2D eigenvalue weighted by atomic mass is 35.5. The highest BCUT2D eigenvalue weighted by molar-refractivity contribution is 5.93. The number of amides is 1. The van der Waals surface area contributed by atoms with Crippen LogP contribution in [0.3, 0.4) is 0 Å². The van der Waals surface area contributed by atoms with Crippen LogP contribution in [0.25, 0.3) is 0 Å². The molecule has 140 valence electrons. The molecule has 2 aliphatic rings. The number of anilines is 1. The van der Waals surface area contributed by atoms with Gasteiger partial charge in [-0.25, -0.2) is 0 Å². The molecule has 1 amide bonds. The molecule has 2 saturated carbocycles. The standard InChI is InChI=1S/C18H23F3N2O.ClH/c1-10-5-6-14(18(19,20)21)9-15(10)23-17(24)13-7-11-3-2-4-12(8-13)16(11)22;/h5-6,9,11-13,16H,2-4,7-8,22H2,1H3,(H,23,24);1H. The van der Waals surface area contributed by atoms with Crippen LogP contribution in [0.1, 0.15) is 43.2 Å². The number of hydrogen-bond acceptors (Lipinski definition) is 2. The van der Waals surface area contributed by atoms with Crippen LogP contribution in [0.4, 0.5) is 18.9 Å². The van der Waals surface area contributed by atoms with Crippen molar-refractivity contribution >= 4 is 24.0 Å². The van der Waals surface area contributed by atoms with Crippen molar-refractivity contribution in [3.63, 3.8) is 0 Å². The van der Waals surface area contributed by atoms with Crippen molar-refractivity contribution in [2.45, 2.75) is 51.2 Å². The van der Waals surface area contributed by atoms with Crippen molar-refractivity contribution in [3.05, 3.63) is 29.3 Å². The van der Waals surface area contributed by atoms with Crippen LogP contribution >= 0.6 is 12.4 Å². The zero-order chi connectivity index (χ0) is 17.5. The number of nitrogens with one attached hydrogen (secondary N) is 1. The first-order chi connectivity index (χ1) is 11.3. The van der Waals surface area contributed by atoms with E-state index in [1.807, 2.05) is 0 Å². The van der Waals surface area contributed by atoms with E-state index in [2.05, 4.69) is 5.32 Å². The third-order valence-electron chi connectivity index (χ3n) is 5.61. The zero-order valence-corrected chi connectivity index (χ0v) is 14.9. The van der Waals surface area contributed by atoms with Crippen LogP contribution in [0.15, 0.2) is 18.2 Å². The molecule has 0 radical (unpaired) electrons. The number of fused-ring (bicyclic) bond motifs is 2. The average Bonchev–Trinajstić information content (AvgIpc) is 2.48. The van der Waals surface area contributed by atoms with Gasteiger partial charge < -0.3 is 11.1 Å². The molecule has 0 spiro atoms. The maximum absolute atomic E-state index is 12.9. The Morgan fingerprint density at radius 2 is 1.80 bits per heavy atom. The van der Waals surface area contributed by atoms with E-state index in [1.54, 1.807) is 6.92 Å². The Morgan fingerprint density at radius 3 is 2.36 bits per heavy atom. The van der Waals surface area contributed by atoms with Crippen LogP contribution in [-0.4, -0.2) is 11.9 Å². The highest BCUT2D eigenvalue weighted by Gasteiger charge is 2.40. The lowest BCUT2D eigenvalue weighted by molar-refractivity contribution is -0.137. The summed E-state index contributed by atoms with van der Waals surface area (Å²) in [5.41, 5.74) is 6.36. The van der Waals surface area contributed by atoms with E-state index in [1.165, 1.54) is 6.07 Å². The van der Waals surface area contributed by atoms with E-state index in [9.17, 15) is 18.0 Å². The molecule has 0 saturated heterocycles. The van der Waals surface area contributed by atoms with E-state index in [0.717, 1.165) is 44.2 Å². The third-order valence-corrected chi connectivity index (χ3v) is 5.61. The minimum absolute atomic E-state index is 0. The molecule has 2 atom stereocenters. The number of carbonyl (C=O) groups excluding carboxylic acids is 1. The molecule has 25 heavy (non-hydrogen) atoms. The lowest BCUT2D eigenvalue weighted by Crippen LogP contribution is -2.48. The van der Waals surface area contributed by atoms with Gasteiger partial charge in [-0.3, -0.25) is 4.79 Å². The van der Waals surface area contributed by atoms with Gasteiger partial charge in [-0.1, -0.05) is 12.5 Å². The van der Waals surface area contributed by atoms with E-state index < -0.39 is 11.7 Å². The number of hydrogen-bond donors (Lipinski definition) is 2. The Balaban J connectivity index is 0.00000225. The van der Waals surface area contributed by atoms with Gasteiger partial charge in [0.2, 0.25) is 5.91 Å².